The Morgan fingerprint density at radius 2 is 1.97 bits per heavy atom. The molecule has 0 radical (unpaired) electrons. The van der Waals surface area contributed by atoms with Gasteiger partial charge < -0.3 is 14.5 Å². The summed E-state index contributed by atoms with van der Waals surface area (Å²) in [7, 11) is 3.86. The molecule has 0 saturated carbocycles. The van der Waals surface area contributed by atoms with Crippen molar-refractivity contribution in [2.24, 2.45) is 0 Å². The number of carbonyl (C=O) groups excluding carboxylic acids is 1. The fraction of sp³-hybridized carbons (Fsp3) is 0.385. The number of carbonyl (C=O) groups is 1. The lowest BCUT2D eigenvalue weighted by molar-refractivity contribution is 0.0602. The monoisotopic (exact) mass is 445 g/mol. The minimum absolute atomic E-state index is 0.0221. The van der Waals surface area contributed by atoms with Gasteiger partial charge in [-0.25, -0.2) is 9.97 Å². The van der Waals surface area contributed by atoms with Gasteiger partial charge in [0.05, 0.1) is 23.9 Å². The van der Waals surface area contributed by atoms with Gasteiger partial charge in [-0.3, -0.25) is 9.78 Å². The van der Waals surface area contributed by atoms with Gasteiger partial charge in [-0.1, -0.05) is 12.1 Å². The highest BCUT2D eigenvalue weighted by atomic mass is 16.5. The van der Waals surface area contributed by atoms with E-state index in [0.717, 1.165) is 41.6 Å². The molecular formula is C26H31N5O2. The van der Waals surface area contributed by atoms with Gasteiger partial charge in [-0.2, -0.15) is 0 Å². The number of anilines is 1. The van der Waals surface area contributed by atoms with Crippen LogP contribution in [0.1, 0.15) is 53.8 Å². The second-order valence-corrected chi connectivity index (χ2v) is 8.49. The first-order valence-electron chi connectivity index (χ1n) is 11.5. The van der Waals surface area contributed by atoms with E-state index in [0.29, 0.717) is 30.4 Å². The molecule has 3 heterocycles. The number of hydrogen-bond donors (Lipinski definition) is 0. The summed E-state index contributed by atoms with van der Waals surface area (Å²) in [5.74, 6) is 1.23. The molecule has 2 aromatic heterocycles. The van der Waals surface area contributed by atoms with Crippen molar-refractivity contribution in [2.75, 3.05) is 32.1 Å². The number of ether oxygens (including phenoxy) is 1. The molecule has 1 aliphatic rings. The van der Waals surface area contributed by atoms with E-state index in [9.17, 15) is 4.79 Å². The standard InChI is InChI=1S/C26H31N5O2/c1-5-33-23-12-7-6-10-20(23)25(32)31-15-9-8-11-22(31)24-21(17-28-26(29-24)30(3)4)19-13-14-27-16-18(19)2/h6-7,10,12-14,16-17,22H,5,8-9,11,15H2,1-4H3. The molecule has 1 fully saturated rings. The van der Waals surface area contributed by atoms with Crippen LogP contribution >= 0.6 is 0 Å². The predicted octanol–water partition coefficient (Wildman–Crippen LogP) is 4.68. The minimum Gasteiger partial charge on any atom is -0.493 e. The van der Waals surface area contributed by atoms with Crippen molar-refractivity contribution in [1.29, 1.82) is 0 Å². The molecule has 3 aromatic rings. The summed E-state index contributed by atoms with van der Waals surface area (Å²) >= 11 is 0. The van der Waals surface area contributed by atoms with Crippen LogP contribution in [0, 0.1) is 6.92 Å². The molecule has 1 aliphatic heterocycles. The molecule has 33 heavy (non-hydrogen) atoms. The van der Waals surface area contributed by atoms with E-state index < -0.39 is 0 Å². The quantitative estimate of drug-likeness (QED) is 0.549. The topological polar surface area (TPSA) is 71.5 Å². The van der Waals surface area contributed by atoms with Crippen LogP contribution in [0.5, 0.6) is 5.75 Å². The van der Waals surface area contributed by atoms with E-state index in [-0.39, 0.29) is 11.9 Å². The molecular weight excluding hydrogens is 414 g/mol. The lowest BCUT2D eigenvalue weighted by Gasteiger charge is -2.37. The second kappa shape index (κ2) is 9.98. The third-order valence-corrected chi connectivity index (χ3v) is 6.01. The molecule has 0 aliphatic carbocycles. The summed E-state index contributed by atoms with van der Waals surface area (Å²) in [6, 6.07) is 9.33. The molecule has 4 rings (SSSR count). The second-order valence-electron chi connectivity index (χ2n) is 8.49. The Kier molecular flexibility index (Phi) is 6.87. The van der Waals surface area contributed by atoms with Gasteiger partial charge in [0.25, 0.3) is 5.91 Å². The Bertz CT molecular complexity index is 1130. The number of nitrogens with zero attached hydrogens (tertiary/aromatic N) is 5. The van der Waals surface area contributed by atoms with Gasteiger partial charge >= 0.3 is 0 Å². The zero-order valence-electron chi connectivity index (χ0n) is 19.8. The number of benzene rings is 1. The average molecular weight is 446 g/mol. The van der Waals surface area contributed by atoms with Gasteiger partial charge in [0.15, 0.2) is 0 Å². The molecule has 172 valence electrons. The van der Waals surface area contributed by atoms with Gasteiger partial charge in [-0.05, 0) is 62.4 Å². The number of likely N-dealkylation sites (tertiary alicyclic amines) is 1. The number of hydrogen-bond acceptors (Lipinski definition) is 6. The third kappa shape index (κ3) is 4.67. The molecule has 1 atom stereocenters. The fourth-order valence-electron chi connectivity index (χ4n) is 4.38. The molecule has 1 saturated heterocycles. The van der Waals surface area contributed by atoms with E-state index in [4.69, 9.17) is 9.72 Å². The van der Waals surface area contributed by atoms with Crippen molar-refractivity contribution in [3.05, 3.63) is 65.7 Å². The number of amides is 1. The smallest absolute Gasteiger partial charge is 0.258 e. The lowest BCUT2D eigenvalue weighted by atomic mass is 9.92. The maximum atomic E-state index is 13.8. The molecule has 0 N–H and O–H groups in total. The van der Waals surface area contributed by atoms with Crippen LogP contribution in [-0.4, -0.2) is 53.0 Å². The van der Waals surface area contributed by atoms with Crippen LogP contribution in [-0.2, 0) is 0 Å². The molecule has 7 nitrogen and oxygen atoms in total. The first-order chi connectivity index (χ1) is 16.0. The van der Waals surface area contributed by atoms with Crippen molar-refractivity contribution in [3.63, 3.8) is 0 Å². The Hall–Kier alpha value is -3.48. The summed E-state index contributed by atoms with van der Waals surface area (Å²) in [5.41, 5.74) is 4.51. The molecule has 1 aromatic carbocycles. The number of aromatic nitrogens is 3. The first-order valence-corrected chi connectivity index (χ1v) is 11.5. The molecule has 1 amide bonds. The highest BCUT2D eigenvalue weighted by Crippen LogP contribution is 2.38. The van der Waals surface area contributed by atoms with E-state index in [1.165, 1.54) is 0 Å². The zero-order valence-corrected chi connectivity index (χ0v) is 19.8. The SMILES string of the molecule is CCOc1ccccc1C(=O)N1CCCCC1c1nc(N(C)C)ncc1-c1ccncc1C. The highest BCUT2D eigenvalue weighted by Gasteiger charge is 2.33. The zero-order chi connectivity index (χ0) is 23.4. The van der Waals surface area contributed by atoms with Crippen molar-refractivity contribution in [2.45, 2.75) is 39.2 Å². The molecule has 1 unspecified atom stereocenters. The van der Waals surface area contributed by atoms with E-state index in [1.54, 1.807) is 6.20 Å². The summed E-state index contributed by atoms with van der Waals surface area (Å²) < 4.78 is 5.76. The van der Waals surface area contributed by atoms with Gasteiger partial charge in [0.2, 0.25) is 5.95 Å². The van der Waals surface area contributed by atoms with E-state index in [1.807, 2.05) is 80.5 Å². The van der Waals surface area contributed by atoms with Crippen LogP contribution < -0.4 is 9.64 Å². The van der Waals surface area contributed by atoms with Crippen molar-refractivity contribution in [1.82, 2.24) is 19.9 Å². The van der Waals surface area contributed by atoms with Crippen molar-refractivity contribution >= 4 is 11.9 Å². The number of piperidine rings is 1. The molecule has 0 spiro atoms. The number of para-hydroxylation sites is 1. The van der Waals surface area contributed by atoms with Crippen LogP contribution in [0.3, 0.4) is 0 Å². The lowest BCUT2D eigenvalue weighted by Crippen LogP contribution is -2.39. The van der Waals surface area contributed by atoms with Crippen LogP contribution in [0.25, 0.3) is 11.1 Å². The van der Waals surface area contributed by atoms with Crippen molar-refractivity contribution in [3.8, 4) is 16.9 Å². The summed E-state index contributed by atoms with van der Waals surface area (Å²) in [6.45, 7) is 5.16. The Labute approximate surface area is 195 Å². The van der Waals surface area contributed by atoms with Crippen LogP contribution in [0.2, 0.25) is 0 Å². The Morgan fingerprint density at radius 1 is 1.15 bits per heavy atom. The maximum absolute atomic E-state index is 13.8. The highest BCUT2D eigenvalue weighted by molar-refractivity contribution is 5.97. The maximum Gasteiger partial charge on any atom is 0.258 e. The number of aryl methyl sites for hydroxylation is 1. The summed E-state index contributed by atoms with van der Waals surface area (Å²) in [4.78, 5) is 31.4. The number of rotatable bonds is 6. The third-order valence-electron chi connectivity index (χ3n) is 6.01. The summed E-state index contributed by atoms with van der Waals surface area (Å²) in [5, 5.41) is 0. The first kappa shape index (κ1) is 22.7. The Morgan fingerprint density at radius 3 is 2.73 bits per heavy atom. The molecule has 7 heteroatoms. The largest absolute Gasteiger partial charge is 0.493 e. The Balaban J connectivity index is 1.82. The van der Waals surface area contributed by atoms with E-state index in [2.05, 4.69) is 9.97 Å². The van der Waals surface area contributed by atoms with Gasteiger partial charge in [0.1, 0.15) is 5.75 Å². The van der Waals surface area contributed by atoms with Crippen molar-refractivity contribution < 1.29 is 9.53 Å². The van der Waals surface area contributed by atoms with Gasteiger partial charge in [0, 0.05) is 44.8 Å². The van der Waals surface area contributed by atoms with Crippen LogP contribution in [0.15, 0.2) is 48.9 Å². The van der Waals surface area contributed by atoms with Gasteiger partial charge in [-0.15, -0.1) is 0 Å². The normalized spacial score (nSPS) is 15.9. The van der Waals surface area contributed by atoms with Crippen LogP contribution in [0.4, 0.5) is 5.95 Å². The minimum atomic E-state index is -0.148. The van der Waals surface area contributed by atoms with E-state index >= 15 is 0 Å². The average Bonchev–Trinajstić information content (AvgIpc) is 2.84. The number of pyridine rings is 1. The fourth-order valence-corrected chi connectivity index (χ4v) is 4.38. The summed E-state index contributed by atoms with van der Waals surface area (Å²) in [6.07, 6.45) is 8.37. The predicted molar refractivity (Wildman–Crippen MR) is 130 cm³/mol. The molecule has 0 bridgehead atoms.